The molecule has 3 N–H and O–H groups in total. The summed E-state index contributed by atoms with van der Waals surface area (Å²) in [6.45, 7) is 2.55. The van der Waals surface area contributed by atoms with Gasteiger partial charge in [-0.1, -0.05) is 23.2 Å². The highest BCUT2D eigenvalue weighted by Gasteiger charge is 2.21. The van der Waals surface area contributed by atoms with Gasteiger partial charge in [-0.15, -0.1) is 0 Å². The summed E-state index contributed by atoms with van der Waals surface area (Å²) < 4.78 is 0. The fourth-order valence-corrected chi connectivity index (χ4v) is 2.40. The minimum atomic E-state index is -0.358. The van der Waals surface area contributed by atoms with Crippen LogP contribution in [0.25, 0.3) is 0 Å². The topological polar surface area (TPSA) is 78.7 Å². The van der Waals surface area contributed by atoms with E-state index in [1.165, 1.54) is 0 Å². The second-order valence-corrected chi connectivity index (χ2v) is 5.60. The third-order valence-electron chi connectivity index (χ3n) is 3.21. The Kier molecular flexibility index (Phi) is 5.27. The molecule has 8 heteroatoms. The number of carbonyl (C=O) groups excluding carboxylic acids is 2. The van der Waals surface area contributed by atoms with Crippen LogP contribution in [0.4, 0.5) is 10.5 Å². The summed E-state index contributed by atoms with van der Waals surface area (Å²) in [4.78, 5) is 26.6. The Hall–Kier alpha value is -1.50. The number of nitrogens with zero attached hydrogens (tertiary/aromatic N) is 2. The first-order chi connectivity index (χ1) is 9.95. The summed E-state index contributed by atoms with van der Waals surface area (Å²) in [5.74, 6) is -0.358. The molecule has 6 nitrogen and oxygen atoms in total. The van der Waals surface area contributed by atoms with E-state index in [1.54, 1.807) is 23.1 Å². The Bertz CT molecular complexity index is 545. The van der Waals surface area contributed by atoms with E-state index in [0.717, 1.165) is 0 Å². The number of benzene rings is 1. The van der Waals surface area contributed by atoms with Crippen LogP contribution in [0.15, 0.2) is 18.2 Å². The first-order valence-electron chi connectivity index (χ1n) is 6.47. The van der Waals surface area contributed by atoms with Gasteiger partial charge in [-0.05, 0) is 18.2 Å². The summed E-state index contributed by atoms with van der Waals surface area (Å²) >= 11 is 11.7. The van der Waals surface area contributed by atoms with Crippen molar-refractivity contribution in [1.29, 1.82) is 0 Å². The fourth-order valence-electron chi connectivity index (χ4n) is 2.11. The largest absolute Gasteiger partial charge is 0.369 e. The Balaban J connectivity index is 1.87. The van der Waals surface area contributed by atoms with Gasteiger partial charge in [-0.3, -0.25) is 9.69 Å². The summed E-state index contributed by atoms with van der Waals surface area (Å²) in [6, 6.07) is 4.72. The number of halogens is 2. The molecule has 1 fully saturated rings. The number of carbonyl (C=O) groups is 2. The van der Waals surface area contributed by atoms with Crippen LogP contribution >= 0.6 is 23.2 Å². The Morgan fingerprint density at radius 1 is 1.14 bits per heavy atom. The van der Waals surface area contributed by atoms with Gasteiger partial charge in [0.25, 0.3) is 0 Å². The van der Waals surface area contributed by atoms with E-state index >= 15 is 0 Å². The highest BCUT2D eigenvalue weighted by atomic mass is 35.5. The van der Waals surface area contributed by atoms with E-state index in [-0.39, 0.29) is 18.5 Å². The lowest BCUT2D eigenvalue weighted by molar-refractivity contribution is -0.119. The minimum absolute atomic E-state index is 0.202. The highest BCUT2D eigenvalue weighted by Crippen LogP contribution is 2.25. The van der Waals surface area contributed by atoms with Crippen molar-refractivity contribution in [2.24, 2.45) is 5.73 Å². The van der Waals surface area contributed by atoms with Gasteiger partial charge in [0.05, 0.1) is 16.6 Å². The molecule has 0 aliphatic carbocycles. The number of amides is 3. The number of nitrogens with two attached hydrogens (primary N) is 1. The molecule has 1 aromatic carbocycles. The molecule has 3 amide bonds. The van der Waals surface area contributed by atoms with Gasteiger partial charge in [0.15, 0.2) is 0 Å². The summed E-state index contributed by atoms with van der Waals surface area (Å²) in [7, 11) is 0. The molecule has 114 valence electrons. The van der Waals surface area contributed by atoms with Crippen molar-refractivity contribution < 1.29 is 9.59 Å². The lowest BCUT2D eigenvalue weighted by Gasteiger charge is -2.33. The monoisotopic (exact) mass is 330 g/mol. The molecule has 2 rings (SSSR count). The normalized spacial score (nSPS) is 15.8. The molecule has 21 heavy (non-hydrogen) atoms. The Morgan fingerprint density at radius 3 is 2.38 bits per heavy atom. The molecule has 0 bridgehead atoms. The quantitative estimate of drug-likeness (QED) is 0.884. The molecule has 0 saturated carbocycles. The van der Waals surface area contributed by atoms with Crippen LogP contribution in [0.1, 0.15) is 0 Å². The SMILES string of the molecule is NC(=O)CN1CCN(C(=O)Nc2ccc(Cl)c(Cl)c2)CC1. The second kappa shape index (κ2) is 6.98. The first kappa shape index (κ1) is 15.9. The number of hydrogen-bond donors (Lipinski definition) is 2. The number of primary amides is 1. The molecular weight excluding hydrogens is 315 g/mol. The average Bonchev–Trinajstić information content (AvgIpc) is 2.43. The fraction of sp³-hybridized carbons (Fsp3) is 0.385. The number of urea groups is 1. The molecule has 0 spiro atoms. The Morgan fingerprint density at radius 2 is 1.81 bits per heavy atom. The molecular formula is C13H16Cl2N4O2. The molecule has 0 unspecified atom stereocenters. The molecule has 1 aliphatic heterocycles. The maximum Gasteiger partial charge on any atom is 0.321 e. The van der Waals surface area contributed by atoms with E-state index in [9.17, 15) is 9.59 Å². The zero-order chi connectivity index (χ0) is 15.4. The minimum Gasteiger partial charge on any atom is -0.369 e. The van der Waals surface area contributed by atoms with E-state index in [1.807, 2.05) is 4.90 Å². The molecule has 1 aliphatic rings. The molecule has 1 aromatic rings. The number of rotatable bonds is 3. The van der Waals surface area contributed by atoms with Crippen molar-refractivity contribution in [2.75, 3.05) is 38.0 Å². The van der Waals surface area contributed by atoms with Gasteiger partial charge < -0.3 is 16.0 Å². The number of piperazine rings is 1. The molecule has 0 atom stereocenters. The van der Waals surface area contributed by atoms with Crippen LogP contribution in [0.2, 0.25) is 10.0 Å². The van der Waals surface area contributed by atoms with Gasteiger partial charge in [-0.2, -0.15) is 0 Å². The van der Waals surface area contributed by atoms with Crippen molar-refractivity contribution in [3.05, 3.63) is 28.2 Å². The average molecular weight is 331 g/mol. The third-order valence-corrected chi connectivity index (χ3v) is 3.95. The first-order valence-corrected chi connectivity index (χ1v) is 7.23. The number of hydrogen-bond acceptors (Lipinski definition) is 3. The van der Waals surface area contributed by atoms with Gasteiger partial charge in [0.1, 0.15) is 0 Å². The van der Waals surface area contributed by atoms with E-state index in [4.69, 9.17) is 28.9 Å². The smallest absolute Gasteiger partial charge is 0.321 e. The molecule has 0 radical (unpaired) electrons. The third kappa shape index (κ3) is 4.49. The van der Waals surface area contributed by atoms with Crippen molar-refractivity contribution >= 4 is 40.8 Å². The van der Waals surface area contributed by atoms with Crippen molar-refractivity contribution in [2.45, 2.75) is 0 Å². The summed E-state index contributed by atoms with van der Waals surface area (Å²) in [6.07, 6.45) is 0. The summed E-state index contributed by atoms with van der Waals surface area (Å²) in [5, 5.41) is 3.60. The van der Waals surface area contributed by atoms with Crippen molar-refractivity contribution in [3.8, 4) is 0 Å². The van der Waals surface area contributed by atoms with Gasteiger partial charge >= 0.3 is 6.03 Å². The second-order valence-electron chi connectivity index (χ2n) is 4.79. The molecule has 1 heterocycles. The van der Waals surface area contributed by atoms with Crippen molar-refractivity contribution in [3.63, 3.8) is 0 Å². The number of anilines is 1. The van der Waals surface area contributed by atoms with Gasteiger partial charge in [0, 0.05) is 31.9 Å². The van der Waals surface area contributed by atoms with Gasteiger partial charge in [-0.25, -0.2) is 4.79 Å². The zero-order valence-corrected chi connectivity index (χ0v) is 12.8. The Labute approximate surface area is 132 Å². The maximum absolute atomic E-state index is 12.1. The molecule has 1 saturated heterocycles. The van der Waals surface area contributed by atoms with E-state index < -0.39 is 0 Å². The number of nitrogens with one attached hydrogen (secondary N) is 1. The van der Waals surface area contributed by atoms with Crippen molar-refractivity contribution in [1.82, 2.24) is 9.80 Å². The van der Waals surface area contributed by atoms with Crippen LogP contribution in [-0.4, -0.2) is 54.5 Å². The predicted molar refractivity (Wildman–Crippen MR) is 82.7 cm³/mol. The predicted octanol–water partition coefficient (Wildman–Crippen LogP) is 1.63. The van der Waals surface area contributed by atoms with Crippen LogP contribution in [-0.2, 0) is 4.79 Å². The lowest BCUT2D eigenvalue weighted by Crippen LogP contribution is -2.51. The maximum atomic E-state index is 12.1. The molecule has 0 aromatic heterocycles. The van der Waals surface area contributed by atoms with Crippen LogP contribution in [0.3, 0.4) is 0 Å². The van der Waals surface area contributed by atoms with Crippen LogP contribution < -0.4 is 11.1 Å². The van der Waals surface area contributed by atoms with Crippen LogP contribution in [0, 0.1) is 0 Å². The van der Waals surface area contributed by atoms with Gasteiger partial charge in [0.2, 0.25) is 5.91 Å². The summed E-state index contributed by atoms with van der Waals surface area (Å²) in [5.41, 5.74) is 5.74. The highest BCUT2D eigenvalue weighted by molar-refractivity contribution is 6.42. The zero-order valence-electron chi connectivity index (χ0n) is 11.3. The van der Waals surface area contributed by atoms with Crippen LogP contribution in [0.5, 0.6) is 0 Å². The van der Waals surface area contributed by atoms with E-state index in [2.05, 4.69) is 5.32 Å². The van der Waals surface area contributed by atoms with E-state index in [0.29, 0.717) is 41.9 Å². The lowest BCUT2D eigenvalue weighted by atomic mass is 10.3. The standard InChI is InChI=1S/C13H16Cl2N4O2/c14-10-2-1-9(7-11(10)15)17-13(21)19-5-3-18(4-6-19)8-12(16)20/h1-2,7H,3-6,8H2,(H2,16,20)(H,17,21).